The summed E-state index contributed by atoms with van der Waals surface area (Å²) in [6.07, 6.45) is 3.86. The Morgan fingerprint density at radius 3 is 2.33 bits per heavy atom. The molecule has 2 heterocycles. The van der Waals surface area contributed by atoms with Gasteiger partial charge in [-0.3, -0.25) is 4.79 Å². The van der Waals surface area contributed by atoms with Gasteiger partial charge in [-0.25, -0.2) is 8.42 Å². The Morgan fingerprint density at radius 2 is 1.61 bits per heavy atom. The van der Waals surface area contributed by atoms with Crippen LogP contribution in [0.1, 0.15) is 36.8 Å². The van der Waals surface area contributed by atoms with Crippen molar-refractivity contribution < 1.29 is 17.9 Å². The number of nitrogens with zero attached hydrogens (tertiary/aromatic N) is 2. The van der Waals surface area contributed by atoms with Crippen LogP contribution in [0.2, 0.25) is 0 Å². The van der Waals surface area contributed by atoms with E-state index in [1.54, 1.807) is 16.4 Å². The Hall–Kier alpha value is -2.42. The molecule has 0 radical (unpaired) electrons. The van der Waals surface area contributed by atoms with Crippen molar-refractivity contribution in [3.8, 4) is 0 Å². The third-order valence-corrected chi connectivity index (χ3v) is 8.25. The summed E-state index contributed by atoms with van der Waals surface area (Å²) < 4.78 is 32.6. The molecule has 2 aliphatic heterocycles. The third kappa shape index (κ3) is 6.13. The van der Waals surface area contributed by atoms with Gasteiger partial charge in [0.1, 0.15) is 0 Å². The van der Waals surface area contributed by atoms with Crippen LogP contribution < -0.4 is 10.2 Å². The summed E-state index contributed by atoms with van der Waals surface area (Å²) in [4.78, 5) is 15.1. The fraction of sp³-hybridized carbons (Fsp3) is 0.480. The van der Waals surface area contributed by atoms with Gasteiger partial charge in [0.05, 0.1) is 18.1 Å². The molecule has 2 aliphatic rings. The highest BCUT2D eigenvalue weighted by molar-refractivity contribution is 7.89. The first kappa shape index (κ1) is 23.7. The number of rotatable bonds is 8. The van der Waals surface area contributed by atoms with E-state index in [1.807, 2.05) is 30.3 Å². The Kier molecular flexibility index (Phi) is 8.01. The maximum atomic E-state index is 12.8. The van der Waals surface area contributed by atoms with Crippen LogP contribution in [0.5, 0.6) is 0 Å². The van der Waals surface area contributed by atoms with Crippen LogP contribution in [-0.2, 0) is 32.5 Å². The summed E-state index contributed by atoms with van der Waals surface area (Å²) in [6, 6.07) is 15.1. The van der Waals surface area contributed by atoms with E-state index in [4.69, 9.17) is 4.74 Å². The molecule has 0 spiro atoms. The van der Waals surface area contributed by atoms with Crippen molar-refractivity contribution in [2.24, 2.45) is 0 Å². The monoisotopic (exact) mass is 471 g/mol. The number of benzene rings is 2. The molecule has 2 aromatic rings. The minimum atomic E-state index is -3.42. The van der Waals surface area contributed by atoms with Crippen LogP contribution in [-0.4, -0.2) is 58.0 Å². The van der Waals surface area contributed by atoms with Crippen LogP contribution in [0.3, 0.4) is 0 Å². The van der Waals surface area contributed by atoms with Crippen molar-refractivity contribution in [3.63, 3.8) is 0 Å². The molecule has 178 valence electrons. The van der Waals surface area contributed by atoms with Gasteiger partial charge in [-0.1, -0.05) is 36.8 Å². The average Bonchev–Trinajstić information content (AvgIpc) is 2.87. The summed E-state index contributed by atoms with van der Waals surface area (Å²) in [5.41, 5.74) is 3.20. The molecule has 0 bridgehead atoms. The minimum absolute atomic E-state index is 0.0169. The molecular weight excluding hydrogens is 438 g/mol. The molecule has 0 saturated carbocycles. The van der Waals surface area contributed by atoms with Gasteiger partial charge in [0.25, 0.3) is 0 Å². The molecule has 1 amide bonds. The quantitative estimate of drug-likeness (QED) is 0.641. The third-order valence-electron chi connectivity index (χ3n) is 6.34. The normalized spacial score (nSPS) is 17.6. The number of sulfonamides is 1. The second-order valence-electron chi connectivity index (χ2n) is 8.61. The first-order valence-electron chi connectivity index (χ1n) is 11.8. The maximum Gasteiger partial charge on any atom is 0.243 e. The number of carbonyl (C=O) groups excluding carboxylic acids is 1. The van der Waals surface area contributed by atoms with Gasteiger partial charge in [0.15, 0.2) is 0 Å². The Bertz CT molecular complexity index is 1030. The van der Waals surface area contributed by atoms with Crippen LogP contribution >= 0.6 is 0 Å². The lowest BCUT2D eigenvalue weighted by Crippen LogP contribution is -2.37. The molecule has 33 heavy (non-hydrogen) atoms. The highest BCUT2D eigenvalue weighted by Crippen LogP contribution is 2.22. The maximum absolute atomic E-state index is 12.8. The highest BCUT2D eigenvalue weighted by atomic mass is 32.2. The van der Waals surface area contributed by atoms with E-state index < -0.39 is 10.0 Å². The number of piperidine rings is 1. The zero-order valence-corrected chi connectivity index (χ0v) is 19.9. The van der Waals surface area contributed by atoms with Crippen molar-refractivity contribution in [2.75, 3.05) is 44.3 Å². The summed E-state index contributed by atoms with van der Waals surface area (Å²) in [5, 5.41) is 3.03. The predicted octanol–water partition coefficient (Wildman–Crippen LogP) is 2.95. The topological polar surface area (TPSA) is 79.0 Å². The second kappa shape index (κ2) is 11.1. The zero-order chi connectivity index (χ0) is 23.1. The smallest absolute Gasteiger partial charge is 0.243 e. The second-order valence-corrected chi connectivity index (χ2v) is 10.6. The summed E-state index contributed by atoms with van der Waals surface area (Å²) in [6.45, 7) is 4.83. The Balaban J connectivity index is 1.28. The first-order chi connectivity index (χ1) is 16.0. The molecular formula is C25H33N3O4S. The van der Waals surface area contributed by atoms with Crippen LogP contribution in [0, 0.1) is 0 Å². The van der Waals surface area contributed by atoms with Crippen molar-refractivity contribution in [1.82, 2.24) is 9.62 Å². The van der Waals surface area contributed by atoms with Crippen molar-refractivity contribution in [2.45, 2.75) is 43.5 Å². The number of nitrogens with one attached hydrogen (secondary N) is 1. The highest BCUT2D eigenvalue weighted by Gasteiger charge is 2.25. The van der Waals surface area contributed by atoms with Crippen LogP contribution in [0.25, 0.3) is 0 Å². The molecule has 1 N–H and O–H groups in total. The lowest BCUT2D eigenvalue weighted by molar-refractivity contribution is -0.121. The lowest BCUT2D eigenvalue weighted by Gasteiger charge is -2.30. The minimum Gasteiger partial charge on any atom is -0.378 e. The van der Waals surface area contributed by atoms with Gasteiger partial charge < -0.3 is 15.0 Å². The Morgan fingerprint density at radius 1 is 0.909 bits per heavy atom. The van der Waals surface area contributed by atoms with Crippen LogP contribution in [0.4, 0.5) is 5.69 Å². The number of hydrogen-bond acceptors (Lipinski definition) is 5. The fourth-order valence-corrected chi connectivity index (χ4v) is 5.91. The van der Waals surface area contributed by atoms with Crippen molar-refractivity contribution in [3.05, 3.63) is 59.7 Å². The molecule has 8 heteroatoms. The standard InChI is InChI=1S/C25H33N3O4S/c29-25(26-20-22-6-2-3-7-24(22)27-16-18-32-19-17-27)13-10-21-8-11-23(12-9-21)33(30,31)28-14-4-1-5-15-28/h2-3,6-9,11-12H,1,4-5,10,13-20H2,(H,26,29). The number of aryl methyl sites for hydroxylation is 1. The predicted molar refractivity (Wildman–Crippen MR) is 129 cm³/mol. The van der Waals surface area contributed by atoms with E-state index in [1.165, 1.54) is 0 Å². The summed E-state index contributed by atoms with van der Waals surface area (Å²) >= 11 is 0. The summed E-state index contributed by atoms with van der Waals surface area (Å²) in [7, 11) is -3.42. The molecule has 0 aromatic heterocycles. The summed E-state index contributed by atoms with van der Waals surface area (Å²) in [5.74, 6) is -0.0169. The molecule has 0 aliphatic carbocycles. The van der Waals surface area contributed by atoms with Gasteiger partial charge in [0, 0.05) is 44.8 Å². The molecule has 2 fully saturated rings. The van der Waals surface area contributed by atoms with Crippen molar-refractivity contribution in [1.29, 1.82) is 0 Å². The van der Waals surface area contributed by atoms with E-state index in [9.17, 15) is 13.2 Å². The molecule has 2 saturated heterocycles. The number of anilines is 1. The largest absolute Gasteiger partial charge is 0.378 e. The average molecular weight is 472 g/mol. The molecule has 7 nitrogen and oxygen atoms in total. The lowest BCUT2D eigenvalue weighted by atomic mass is 10.1. The SMILES string of the molecule is O=C(CCc1ccc(S(=O)(=O)N2CCCCC2)cc1)NCc1ccccc1N1CCOCC1. The zero-order valence-electron chi connectivity index (χ0n) is 19.0. The van der Waals surface area contributed by atoms with E-state index in [0.29, 0.717) is 37.4 Å². The van der Waals surface area contributed by atoms with Crippen LogP contribution in [0.15, 0.2) is 53.4 Å². The number of hydrogen-bond donors (Lipinski definition) is 1. The van der Waals surface area contributed by atoms with E-state index in [0.717, 1.165) is 62.4 Å². The van der Waals surface area contributed by atoms with Gasteiger partial charge >= 0.3 is 0 Å². The van der Waals surface area contributed by atoms with Gasteiger partial charge in [-0.05, 0) is 48.6 Å². The van der Waals surface area contributed by atoms with E-state index in [2.05, 4.69) is 16.3 Å². The molecule has 2 aromatic carbocycles. The number of ether oxygens (including phenoxy) is 1. The first-order valence-corrected chi connectivity index (χ1v) is 13.2. The fourth-order valence-electron chi connectivity index (χ4n) is 4.40. The van der Waals surface area contributed by atoms with Gasteiger partial charge in [-0.15, -0.1) is 0 Å². The number of carbonyl (C=O) groups is 1. The van der Waals surface area contributed by atoms with E-state index >= 15 is 0 Å². The molecule has 0 unspecified atom stereocenters. The van der Waals surface area contributed by atoms with Gasteiger partial charge in [-0.2, -0.15) is 4.31 Å². The molecule has 4 rings (SSSR count). The number of para-hydroxylation sites is 1. The Labute approximate surface area is 196 Å². The molecule has 0 atom stereocenters. The number of amides is 1. The van der Waals surface area contributed by atoms with Crippen molar-refractivity contribution >= 4 is 21.6 Å². The number of morpholine rings is 1. The van der Waals surface area contributed by atoms with E-state index in [-0.39, 0.29) is 5.91 Å². The van der Waals surface area contributed by atoms with Gasteiger partial charge in [0.2, 0.25) is 15.9 Å².